The van der Waals surface area contributed by atoms with Crippen molar-refractivity contribution in [3.8, 4) is 0 Å². The number of amides is 2. The van der Waals surface area contributed by atoms with E-state index in [-0.39, 0.29) is 0 Å². The Balaban J connectivity index is 1.73. The van der Waals surface area contributed by atoms with E-state index >= 15 is 0 Å². The minimum Gasteiger partial charge on any atom is -0.480 e. The van der Waals surface area contributed by atoms with Gasteiger partial charge in [-0.1, -0.05) is 6.07 Å². The summed E-state index contributed by atoms with van der Waals surface area (Å²) in [6.45, 7) is 0.516. The number of nitrogens with one attached hydrogen (secondary N) is 2. The highest BCUT2D eigenvalue weighted by atomic mass is 32.1. The molecular weight excluding hydrogens is 252 g/mol. The van der Waals surface area contributed by atoms with Crippen LogP contribution in [0.5, 0.6) is 0 Å². The summed E-state index contributed by atoms with van der Waals surface area (Å²) in [5, 5.41) is 16.3. The maximum Gasteiger partial charge on any atom is 0.329 e. The van der Waals surface area contributed by atoms with Crippen LogP contribution in [0.3, 0.4) is 0 Å². The number of thiophene rings is 1. The Hall–Kier alpha value is -1.56. The van der Waals surface area contributed by atoms with Gasteiger partial charge < -0.3 is 15.7 Å². The van der Waals surface area contributed by atoms with Crippen molar-refractivity contribution in [2.75, 3.05) is 6.54 Å². The van der Waals surface area contributed by atoms with Gasteiger partial charge in [-0.2, -0.15) is 0 Å². The molecule has 0 aliphatic heterocycles. The zero-order valence-electron chi connectivity index (χ0n) is 9.94. The van der Waals surface area contributed by atoms with Crippen LogP contribution in [0.15, 0.2) is 17.5 Å². The van der Waals surface area contributed by atoms with E-state index in [2.05, 4.69) is 10.6 Å². The zero-order chi connectivity index (χ0) is 13.0. The molecule has 1 fully saturated rings. The number of carbonyl (C=O) groups excluding carboxylic acids is 1. The summed E-state index contributed by atoms with van der Waals surface area (Å²) in [5.41, 5.74) is -1.03. The fourth-order valence-corrected chi connectivity index (χ4v) is 2.65. The molecule has 1 aromatic rings. The van der Waals surface area contributed by atoms with E-state index in [9.17, 15) is 9.59 Å². The lowest BCUT2D eigenvalue weighted by Gasteiger charge is -2.38. The first kappa shape index (κ1) is 12.9. The monoisotopic (exact) mass is 268 g/mol. The Morgan fingerprint density at radius 1 is 1.44 bits per heavy atom. The van der Waals surface area contributed by atoms with Crippen LogP contribution in [0.1, 0.15) is 24.1 Å². The van der Waals surface area contributed by atoms with Gasteiger partial charge in [0.2, 0.25) is 0 Å². The lowest BCUT2D eigenvalue weighted by atomic mass is 9.77. The largest absolute Gasteiger partial charge is 0.480 e. The van der Waals surface area contributed by atoms with Gasteiger partial charge in [-0.25, -0.2) is 9.59 Å². The summed E-state index contributed by atoms with van der Waals surface area (Å²) in [6.07, 6.45) is 2.65. The number of urea groups is 1. The number of hydrogen-bond acceptors (Lipinski definition) is 3. The number of aliphatic carboxylic acids is 1. The van der Waals surface area contributed by atoms with E-state index in [1.54, 1.807) is 11.3 Å². The molecule has 0 spiro atoms. The van der Waals surface area contributed by atoms with Gasteiger partial charge in [-0.3, -0.25) is 0 Å². The number of carboxylic acid groups (broad SMARTS) is 1. The van der Waals surface area contributed by atoms with Crippen molar-refractivity contribution in [3.05, 3.63) is 22.4 Å². The van der Waals surface area contributed by atoms with Crippen LogP contribution in [0.25, 0.3) is 0 Å². The first-order chi connectivity index (χ1) is 8.62. The maximum atomic E-state index is 11.6. The van der Waals surface area contributed by atoms with Crippen LogP contribution in [0.4, 0.5) is 4.79 Å². The molecule has 6 heteroatoms. The van der Waals surface area contributed by atoms with Crippen LogP contribution < -0.4 is 10.6 Å². The highest BCUT2D eigenvalue weighted by Crippen LogP contribution is 2.31. The maximum absolute atomic E-state index is 11.6. The summed E-state index contributed by atoms with van der Waals surface area (Å²) < 4.78 is 0. The topological polar surface area (TPSA) is 78.4 Å². The zero-order valence-corrected chi connectivity index (χ0v) is 10.8. The summed E-state index contributed by atoms with van der Waals surface area (Å²) in [7, 11) is 0. The predicted octanol–water partition coefficient (Wildman–Crippen LogP) is 1.60. The molecule has 1 aliphatic carbocycles. The lowest BCUT2D eigenvalue weighted by molar-refractivity contribution is -0.148. The second-order valence-corrected chi connectivity index (χ2v) is 5.48. The van der Waals surface area contributed by atoms with Crippen molar-refractivity contribution in [1.29, 1.82) is 0 Å². The summed E-state index contributed by atoms with van der Waals surface area (Å²) in [5.74, 6) is -0.942. The second-order valence-electron chi connectivity index (χ2n) is 4.45. The van der Waals surface area contributed by atoms with E-state index in [1.165, 1.54) is 4.88 Å². The highest BCUT2D eigenvalue weighted by molar-refractivity contribution is 7.09. The SMILES string of the molecule is O=C(NCCc1cccs1)NC1(C(=O)O)CCC1. The third kappa shape index (κ3) is 2.81. The van der Waals surface area contributed by atoms with Crippen molar-refractivity contribution < 1.29 is 14.7 Å². The van der Waals surface area contributed by atoms with Crippen molar-refractivity contribution in [3.63, 3.8) is 0 Å². The first-order valence-electron chi connectivity index (χ1n) is 5.94. The fourth-order valence-electron chi connectivity index (χ4n) is 1.94. The van der Waals surface area contributed by atoms with E-state index in [0.717, 1.165) is 12.8 Å². The molecule has 98 valence electrons. The third-order valence-electron chi connectivity index (χ3n) is 3.21. The fraction of sp³-hybridized carbons (Fsp3) is 0.500. The van der Waals surface area contributed by atoms with E-state index < -0.39 is 17.5 Å². The molecule has 0 atom stereocenters. The standard InChI is InChI=1S/C12H16N2O3S/c15-10(16)12(5-2-6-12)14-11(17)13-7-4-9-3-1-8-18-9/h1,3,8H,2,4-7H2,(H,15,16)(H2,13,14,17). The molecule has 2 amide bonds. The van der Waals surface area contributed by atoms with Crippen LogP contribution in [-0.2, 0) is 11.2 Å². The molecule has 3 N–H and O–H groups in total. The first-order valence-corrected chi connectivity index (χ1v) is 6.82. The van der Waals surface area contributed by atoms with E-state index in [0.29, 0.717) is 19.4 Å². The number of hydrogen-bond donors (Lipinski definition) is 3. The third-order valence-corrected chi connectivity index (χ3v) is 4.14. The van der Waals surface area contributed by atoms with Crippen LogP contribution in [-0.4, -0.2) is 29.2 Å². The van der Waals surface area contributed by atoms with Crippen LogP contribution in [0.2, 0.25) is 0 Å². The molecule has 5 nitrogen and oxygen atoms in total. The number of carbonyl (C=O) groups is 2. The number of rotatable bonds is 5. The number of carboxylic acids is 1. The van der Waals surface area contributed by atoms with Gasteiger partial charge in [0.15, 0.2) is 0 Å². The van der Waals surface area contributed by atoms with Gasteiger partial charge in [0, 0.05) is 11.4 Å². The summed E-state index contributed by atoms with van der Waals surface area (Å²) in [4.78, 5) is 23.9. The highest BCUT2D eigenvalue weighted by Gasteiger charge is 2.45. The molecule has 1 aromatic heterocycles. The summed E-state index contributed by atoms with van der Waals surface area (Å²) in [6, 6.07) is 3.58. The van der Waals surface area contributed by atoms with E-state index in [1.807, 2.05) is 17.5 Å². The molecule has 0 bridgehead atoms. The molecular formula is C12H16N2O3S. The van der Waals surface area contributed by atoms with Gasteiger partial charge >= 0.3 is 12.0 Å². The Morgan fingerprint density at radius 2 is 2.22 bits per heavy atom. The van der Waals surface area contributed by atoms with Crippen molar-refractivity contribution in [2.45, 2.75) is 31.2 Å². The molecule has 1 saturated carbocycles. The van der Waals surface area contributed by atoms with Gasteiger partial charge in [0.05, 0.1) is 0 Å². The lowest BCUT2D eigenvalue weighted by Crippen LogP contribution is -2.61. The Kier molecular flexibility index (Phi) is 3.86. The molecule has 0 saturated heterocycles. The Labute approximate surface area is 109 Å². The quantitative estimate of drug-likeness (QED) is 0.759. The van der Waals surface area contributed by atoms with Gasteiger partial charge in [-0.05, 0) is 37.1 Å². The van der Waals surface area contributed by atoms with Gasteiger partial charge in [0.1, 0.15) is 5.54 Å². The molecule has 0 aromatic carbocycles. The van der Waals surface area contributed by atoms with Gasteiger partial charge in [-0.15, -0.1) is 11.3 Å². The Morgan fingerprint density at radius 3 is 2.72 bits per heavy atom. The van der Waals surface area contributed by atoms with Crippen molar-refractivity contribution >= 4 is 23.3 Å². The molecule has 2 rings (SSSR count). The molecule has 0 radical (unpaired) electrons. The van der Waals surface area contributed by atoms with Crippen molar-refractivity contribution in [2.24, 2.45) is 0 Å². The predicted molar refractivity (Wildman–Crippen MR) is 68.8 cm³/mol. The average Bonchev–Trinajstić information content (AvgIpc) is 2.76. The summed E-state index contributed by atoms with van der Waals surface area (Å²) >= 11 is 1.64. The second kappa shape index (κ2) is 5.39. The Bertz CT molecular complexity index is 427. The molecule has 1 heterocycles. The van der Waals surface area contributed by atoms with E-state index in [4.69, 9.17) is 5.11 Å². The normalized spacial score (nSPS) is 16.7. The average molecular weight is 268 g/mol. The van der Waals surface area contributed by atoms with Crippen LogP contribution >= 0.6 is 11.3 Å². The minimum absolute atomic E-state index is 0.395. The van der Waals surface area contributed by atoms with Gasteiger partial charge in [0.25, 0.3) is 0 Å². The van der Waals surface area contributed by atoms with Crippen molar-refractivity contribution in [1.82, 2.24) is 10.6 Å². The molecule has 1 aliphatic rings. The smallest absolute Gasteiger partial charge is 0.329 e. The minimum atomic E-state index is -1.03. The molecule has 18 heavy (non-hydrogen) atoms. The molecule has 0 unspecified atom stereocenters. The van der Waals surface area contributed by atoms with Crippen LogP contribution in [0, 0.1) is 0 Å².